The number of hydrogen-bond donors (Lipinski definition) is 1. The van der Waals surface area contributed by atoms with E-state index in [-0.39, 0.29) is 11.3 Å². The van der Waals surface area contributed by atoms with Crippen LogP contribution in [0.4, 0.5) is 13.2 Å². The van der Waals surface area contributed by atoms with Crippen molar-refractivity contribution >= 4 is 33.7 Å². The number of H-pyrrole nitrogens is 1. The second kappa shape index (κ2) is 8.32. The Morgan fingerprint density at radius 3 is 2.36 bits per heavy atom. The summed E-state index contributed by atoms with van der Waals surface area (Å²) < 4.78 is 43.0. The maximum atomic E-state index is 13.5. The van der Waals surface area contributed by atoms with Gasteiger partial charge in [0.05, 0.1) is 5.69 Å². The first-order chi connectivity index (χ1) is 15.9. The van der Waals surface area contributed by atoms with Crippen LogP contribution in [0.5, 0.6) is 5.75 Å². The number of rotatable bonds is 5. The highest BCUT2D eigenvalue weighted by molar-refractivity contribution is 7.98. The molecule has 0 aliphatic carbocycles. The number of aromatic nitrogens is 3. The molecule has 0 bridgehead atoms. The van der Waals surface area contributed by atoms with E-state index in [2.05, 4.69) is 9.72 Å². The van der Waals surface area contributed by atoms with Crippen LogP contribution >= 0.6 is 11.8 Å². The fourth-order valence-corrected chi connectivity index (χ4v) is 4.55. The summed E-state index contributed by atoms with van der Waals surface area (Å²) in [5.41, 5.74) is 2.77. The Bertz CT molecular complexity index is 1490. The summed E-state index contributed by atoms with van der Waals surface area (Å²) >= 11 is 1.38. The van der Waals surface area contributed by atoms with Gasteiger partial charge in [0.25, 0.3) is 5.56 Å². The van der Waals surface area contributed by atoms with Crippen molar-refractivity contribution in [1.82, 2.24) is 14.5 Å². The van der Waals surface area contributed by atoms with Gasteiger partial charge in [-0.05, 0) is 35.9 Å². The summed E-state index contributed by atoms with van der Waals surface area (Å²) in [6.45, 7) is 0. The number of hydrogen-bond acceptors (Lipinski definition) is 4. The van der Waals surface area contributed by atoms with Crippen molar-refractivity contribution in [2.24, 2.45) is 0 Å². The minimum atomic E-state index is -4.79. The summed E-state index contributed by atoms with van der Waals surface area (Å²) in [5, 5.41) is 1.26. The third kappa shape index (κ3) is 4.31. The van der Waals surface area contributed by atoms with E-state index in [9.17, 15) is 18.0 Å². The maximum Gasteiger partial charge on any atom is 0.573 e. The molecule has 5 rings (SSSR count). The predicted molar refractivity (Wildman–Crippen MR) is 122 cm³/mol. The van der Waals surface area contributed by atoms with Gasteiger partial charge in [-0.1, -0.05) is 60.3 Å². The number of halogens is 3. The molecule has 33 heavy (non-hydrogen) atoms. The van der Waals surface area contributed by atoms with E-state index in [4.69, 9.17) is 4.98 Å². The van der Waals surface area contributed by atoms with Gasteiger partial charge >= 0.3 is 6.36 Å². The molecular formula is C24H16F3N3O2S. The lowest BCUT2D eigenvalue weighted by atomic mass is 10.2. The zero-order valence-corrected chi connectivity index (χ0v) is 17.8. The van der Waals surface area contributed by atoms with Gasteiger partial charge in [0, 0.05) is 16.7 Å². The quantitative estimate of drug-likeness (QED) is 0.252. The topological polar surface area (TPSA) is 59.9 Å². The number of alkyl halides is 3. The van der Waals surface area contributed by atoms with Crippen molar-refractivity contribution < 1.29 is 17.9 Å². The number of para-hydroxylation sites is 1. The zero-order valence-electron chi connectivity index (χ0n) is 17.0. The molecule has 0 fully saturated rings. The summed E-state index contributed by atoms with van der Waals surface area (Å²) in [4.78, 5) is 21.4. The van der Waals surface area contributed by atoms with Crippen molar-refractivity contribution in [2.45, 2.75) is 17.3 Å². The van der Waals surface area contributed by atoms with E-state index in [0.717, 1.165) is 16.5 Å². The molecule has 0 radical (unpaired) electrons. The molecule has 5 nitrogen and oxygen atoms in total. The second-order valence-corrected chi connectivity index (χ2v) is 8.19. The van der Waals surface area contributed by atoms with Crippen molar-refractivity contribution in [3.05, 3.63) is 94.8 Å². The molecule has 0 saturated heterocycles. The Morgan fingerprint density at radius 2 is 1.64 bits per heavy atom. The molecule has 0 amide bonds. The molecule has 0 aliphatic rings. The molecule has 166 valence electrons. The van der Waals surface area contributed by atoms with E-state index in [0.29, 0.717) is 27.6 Å². The number of nitrogens with zero attached hydrogens (tertiary/aromatic N) is 2. The van der Waals surface area contributed by atoms with E-state index in [1.807, 2.05) is 54.6 Å². The summed E-state index contributed by atoms with van der Waals surface area (Å²) in [6.07, 6.45) is -4.79. The smallest absolute Gasteiger partial charge is 0.406 e. The minimum absolute atomic E-state index is 0.330. The molecule has 3 aromatic carbocycles. The van der Waals surface area contributed by atoms with Crippen LogP contribution in [0.15, 0.2) is 88.8 Å². The van der Waals surface area contributed by atoms with Crippen molar-refractivity contribution in [3.8, 4) is 11.4 Å². The third-order valence-corrected chi connectivity index (χ3v) is 6.04. The van der Waals surface area contributed by atoms with Gasteiger partial charge in [0.1, 0.15) is 16.8 Å². The molecular weight excluding hydrogens is 451 g/mol. The SMILES string of the molecule is O=c1c2[nH]c3ccccc3c2nc(SCc2ccccc2)n1-c1ccc(OC(F)(F)F)cc1. The third-order valence-electron chi connectivity index (χ3n) is 5.03. The molecule has 0 unspecified atom stereocenters. The Balaban J connectivity index is 1.64. The Labute approximate surface area is 189 Å². The van der Waals surface area contributed by atoms with Crippen LogP contribution in [-0.4, -0.2) is 20.9 Å². The lowest BCUT2D eigenvalue weighted by Crippen LogP contribution is -2.22. The Morgan fingerprint density at radius 1 is 0.939 bits per heavy atom. The van der Waals surface area contributed by atoms with Gasteiger partial charge in [-0.3, -0.25) is 9.36 Å². The van der Waals surface area contributed by atoms with Crippen LogP contribution in [0.1, 0.15) is 5.56 Å². The highest BCUT2D eigenvalue weighted by atomic mass is 32.2. The molecule has 1 N–H and O–H groups in total. The summed E-state index contributed by atoms with van der Waals surface area (Å²) in [7, 11) is 0. The Hall–Kier alpha value is -3.72. The molecule has 2 aromatic heterocycles. The number of nitrogens with one attached hydrogen (secondary N) is 1. The number of ether oxygens (including phenoxy) is 1. The van der Waals surface area contributed by atoms with E-state index >= 15 is 0 Å². The number of fused-ring (bicyclic) bond motifs is 3. The van der Waals surface area contributed by atoms with Gasteiger partial charge in [0.15, 0.2) is 5.16 Å². The molecule has 2 heterocycles. The first-order valence-corrected chi connectivity index (χ1v) is 10.9. The maximum absolute atomic E-state index is 13.5. The molecule has 0 aliphatic heterocycles. The van der Waals surface area contributed by atoms with Gasteiger partial charge in [0.2, 0.25) is 0 Å². The van der Waals surface area contributed by atoms with E-state index < -0.39 is 6.36 Å². The van der Waals surface area contributed by atoms with Gasteiger partial charge in [-0.15, -0.1) is 13.2 Å². The number of aromatic amines is 1. The second-order valence-electron chi connectivity index (χ2n) is 7.25. The summed E-state index contributed by atoms with van der Waals surface area (Å²) in [6, 6.07) is 22.4. The average Bonchev–Trinajstić information content (AvgIpc) is 3.17. The van der Waals surface area contributed by atoms with Gasteiger partial charge in [-0.25, -0.2) is 4.98 Å². The normalized spacial score (nSPS) is 11.8. The van der Waals surface area contributed by atoms with Crippen LogP contribution in [0.3, 0.4) is 0 Å². The monoisotopic (exact) mass is 467 g/mol. The highest BCUT2D eigenvalue weighted by Gasteiger charge is 2.31. The lowest BCUT2D eigenvalue weighted by molar-refractivity contribution is -0.274. The van der Waals surface area contributed by atoms with Crippen LogP contribution in [-0.2, 0) is 5.75 Å². The fraction of sp³-hybridized carbons (Fsp3) is 0.0833. The molecule has 0 saturated carbocycles. The number of benzene rings is 3. The van der Waals surface area contributed by atoms with Crippen LogP contribution in [0.25, 0.3) is 27.6 Å². The zero-order chi connectivity index (χ0) is 23.0. The van der Waals surface area contributed by atoms with E-state index in [1.165, 1.54) is 40.6 Å². The molecule has 0 atom stereocenters. The van der Waals surface area contributed by atoms with Gasteiger partial charge < -0.3 is 9.72 Å². The molecule has 9 heteroatoms. The first kappa shape index (κ1) is 21.1. The first-order valence-electron chi connectivity index (χ1n) is 9.95. The number of thioether (sulfide) groups is 1. The largest absolute Gasteiger partial charge is 0.573 e. The fourth-order valence-electron chi connectivity index (χ4n) is 3.59. The standard InChI is InChI=1S/C24H16F3N3O2S/c25-24(26,27)32-17-12-10-16(11-13-17)30-22(31)21-20(18-8-4-5-9-19(18)28-21)29-23(30)33-14-15-6-2-1-3-7-15/h1-13,28H,14H2. The molecule has 5 aromatic rings. The highest BCUT2D eigenvalue weighted by Crippen LogP contribution is 2.29. The van der Waals surface area contributed by atoms with Crippen molar-refractivity contribution in [3.63, 3.8) is 0 Å². The lowest BCUT2D eigenvalue weighted by Gasteiger charge is -2.13. The van der Waals surface area contributed by atoms with Gasteiger partial charge in [-0.2, -0.15) is 0 Å². The van der Waals surface area contributed by atoms with Crippen molar-refractivity contribution in [1.29, 1.82) is 0 Å². The molecule has 0 spiro atoms. The summed E-state index contributed by atoms with van der Waals surface area (Å²) in [5.74, 6) is 0.202. The minimum Gasteiger partial charge on any atom is -0.406 e. The van der Waals surface area contributed by atoms with Crippen LogP contribution in [0, 0.1) is 0 Å². The predicted octanol–water partition coefficient (Wildman–Crippen LogP) is 6.06. The van der Waals surface area contributed by atoms with Crippen LogP contribution < -0.4 is 10.3 Å². The van der Waals surface area contributed by atoms with E-state index in [1.54, 1.807) is 0 Å². The Kier molecular flexibility index (Phi) is 5.33. The van der Waals surface area contributed by atoms with Crippen LogP contribution in [0.2, 0.25) is 0 Å². The average molecular weight is 467 g/mol. The van der Waals surface area contributed by atoms with Crippen molar-refractivity contribution in [2.75, 3.05) is 0 Å².